The summed E-state index contributed by atoms with van der Waals surface area (Å²) < 4.78 is 0. The maximum Gasteiger partial charge on any atom is 0.0957 e. The molecule has 0 bridgehead atoms. The van der Waals surface area contributed by atoms with E-state index in [-0.39, 0.29) is 0 Å². The second-order valence-corrected chi connectivity index (χ2v) is 4.75. The lowest BCUT2D eigenvalue weighted by molar-refractivity contribution is 0.271. The highest BCUT2D eigenvalue weighted by molar-refractivity contribution is 7.98. The van der Waals surface area contributed by atoms with Crippen LogP contribution < -0.4 is 0 Å². The smallest absolute Gasteiger partial charge is 0.0957 e. The Labute approximate surface area is 96.1 Å². The van der Waals surface area contributed by atoms with Gasteiger partial charge in [0, 0.05) is 12.2 Å². The second kappa shape index (κ2) is 4.99. The zero-order valence-electron chi connectivity index (χ0n) is 9.44. The van der Waals surface area contributed by atoms with Crippen molar-refractivity contribution in [2.75, 3.05) is 19.3 Å². The van der Waals surface area contributed by atoms with Crippen molar-refractivity contribution < 1.29 is 0 Å². The molecule has 15 heavy (non-hydrogen) atoms. The van der Waals surface area contributed by atoms with Crippen molar-refractivity contribution >= 4 is 11.8 Å². The lowest BCUT2D eigenvalue weighted by atomic mass is 10.1. The van der Waals surface area contributed by atoms with Gasteiger partial charge in [-0.15, -0.1) is 11.8 Å². The molecular formula is C12H18N2S. The first-order chi connectivity index (χ1) is 7.35. The van der Waals surface area contributed by atoms with Crippen LogP contribution in [0.4, 0.5) is 0 Å². The summed E-state index contributed by atoms with van der Waals surface area (Å²) in [6.45, 7) is 4.63. The van der Waals surface area contributed by atoms with Crippen LogP contribution in [-0.2, 0) is 0 Å². The number of hydrogen-bond acceptors (Lipinski definition) is 3. The molecule has 1 atom stereocenters. The molecule has 0 spiro atoms. The molecule has 1 aromatic rings. The van der Waals surface area contributed by atoms with E-state index < -0.39 is 0 Å². The number of pyridine rings is 1. The van der Waals surface area contributed by atoms with Crippen LogP contribution in [0.2, 0.25) is 0 Å². The van der Waals surface area contributed by atoms with Crippen LogP contribution in [0.5, 0.6) is 0 Å². The van der Waals surface area contributed by atoms with Crippen LogP contribution in [0.25, 0.3) is 0 Å². The van der Waals surface area contributed by atoms with Gasteiger partial charge in [0.1, 0.15) is 0 Å². The fourth-order valence-electron chi connectivity index (χ4n) is 2.29. The van der Waals surface area contributed by atoms with Crippen LogP contribution in [0.15, 0.2) is 23.4 Å². The first-order valence-corrected chi connectivity index (χ1v) is 6.81. The Bertz CT molecular complexity index is 310. The number of rotatable bonds is 3. The van der Waals surface area contributed by atoms with Crippen molar-refractivity contribution in [1.29, 1.82) is 0 Å². The van der Waals surface area contributed by atoms with E-state index in [0.717, 1.165) is 11.6 Å². The quantitative estimate of drug-likeness (QED) is 0.731. The highest BCUT2D eigenvalue weighted by atomic mass is 32.2. The van der Waals surface area contributed by atoms with Gasteiger partial charge in [-0.3, -0.25) is 4.90 Å². The SMILES string of the molecule is CCN1CCC[C@H]1c1ccc(SC)nc1. The zero-order chi connectivity index (χ0) is 10.7. The molecule has 1 aliphatic rings. The van der Waals surface area contributed by atoms with Crippen molar-refractivity contribution in [3.05, 3.63) is 23.9 Å². The van der Waals surface area contributed by atoms with Crippen LogP contribution in [-0.4, -0.2) is 29.2 Å². The average molecular weight is 222 g/mol. The molecule has 0 unspecified atom stereocenters. The van der Waals surface area contributed by atoms with Crippen LogP contribution in [0.1, 0.15) is 31.4 Å². The molecule has 2 nitrogen and oxygen atoms in total. The van der Waals surface area contributed by atoms with Gasteiger partial charge < -0.3 is 0 Å². The number of nitrogens with zero attached hydrogens (tertiary/aromatic N) is 2. The molecule has 3 heteroatoms. The Morgan fingerprint density at radius 3 is 3.00 bits per heavy atom. The number of hydrogen-bond donors (Lipinski definition) is 0. The van der Waals surface area contributed by atoms with E-state index >= 15 is 0 Å². The van der Waals surface area contributed by atoms with Gasteiger partial charge in [-0.1, -0.05) is 13.0 Å². The first-order valence-electron chi connectivity index (χ1n) is 5.59. The summed E-state index contributed by atoms with van der Waals surface area (Å²) in [4.78, 5) is 6.98. The van der Waals surface area contributed by atoms with E-state index in [1.165, 1.54) is 24.9 Å². The molecule has 0 amide bonds. The van der Waals surface area contributed by atoms with Gasteiger partial charge in [0.2, 0.25) is 0 Å². The Kier molecular flexibility index (Phi) is 3.65. The van der Waals surface area contributed by atoms with Gasteiger partial charge in [-0.2, -0.15) is 0 Å². The third-order valence-corrected chi connectivity index (χ3v) is 3.78. The van der Waals surface area contributed by atoms with Crippen LogP contribution in [0, 0.1) is 0 Å². The lowest BCUT2D eigenvalue weighted by Gasteiger charge is -2.22. The molecule has 0 aliphatic carbocycles. The third kappa shape index (κ3) is 2.34. The fraction of sp³-hybridized carbons (Fsp3) is 0.583. The highest BCUT2D eigenvalue weighted by Gasteiger charge is 2.24. The van der Waals surface area contributed by atoms with Crippen molar-refractivity contribution in [2.24, 2.45) is 0 Å². The van der Waals surface area contributed by atoms with Crippen molar-refractivity contribution in [2.45, 2.75) is 30.8 Å². The van der Waals surface area contributed by atoms with Gasteiger partial charge in [0.15, 0.2) is 0 Å². The molecule has 1 fully saturated rings. The summed E-state index contributed by atoms with van der Waals surface area (Å²) in [5.74, 6) is 0. The van der Waals surface area contributed by atoms with Gasteiger partial charge in [0.05, 0.1) is 5.03 Å². The van der Waals surface area contributed by atoms with E-state index in [2.05, 4.69) is 35.2 Å². The van der Waals surface area contributed by atoms with Gasteiger partial charge in [-0.25, -0.2) is 4.98 Å². The molecule has 82 valence electrons. The molecule has 2 heterocycles. The van der Waals surface area contributed by atoms with Crippen molar-refractivity contribution in [3.63, 3.8) is 0 Å². The maximum atomic E-state index is 4.45. The normalized spacial score (nSPS) is 22.1. The molecule has 1 aromatic heterocycles. The van der Waals surface area contributed by atoms with E-state index in [0.29, 0.717) is 6.04 Å². The van der Waals surface area contributed by atoms with Crippen LogP contribution >= 0.6 is 11.8 Å². The monoisotopic (exact) mass is 222 g/mol. The minimum absolute atomic E-state index is 0.610. The zero-order valence-corrected chi connectivity index (χ0v) is 10.3. The van der Waals surface area contributed by atoms with Crippen molar-refractivity contribution in [3.8, 4) is 0 Å². The van der Waals surface area contributed by atoms with E-state index in [1.807, 2.05) is 6.20 Å². The van der Waals surface area contributed by atoms with Crippen LogP contribution in [0.3, 0.4) is 0 Å². The summed E-state index contributed by atoms with van der Waals surface area (Å²) in [6.07, 6.45) is 6.72. The van der Waals surface area contributed by atoms with Gasteiger partial charge in [-0.05, 0) is 43.8 Å². The Morgan fingerprint density at radius 1 is 1.53 bits per heavy atom. The third-order valence-electron chi connectivity index (χ3n) is 3.12. The van der Waals surface area contributed by atoms with E-state index in [1.54, 1.807) is 11.8 Å². The molecule has 1 saturated heterocycles. The first kappa shape index (κ1) is 11.0. The summed E-state index contributed by atoms with van der Waals surface area (Å²) >= 11 is 1.70. The van der Waals surface area contributed by atoms with Gasteiger partial charge in [0.25, 0.3) is 0 Å². The molecule has 0 N–H and O–H groups in total. The van der Waals surface area contributed by atoms with Crippen molar-refractivity contribution in [1.82, 2.24) is 9.88 Å². The summed E-state index contributed by atoms with van der Waals surface area (Å²) in [7, 11) is 0. The Balaban J connectivity index is 2.14. The second-order valence-electron chi connectivity index (χ2n) is 3.92. The molecule has 0 saturated carbocycles. The molecule has 2 rings (SSSR count). The fourth-order valence-corrected chi connectivity index (χ4v) is 2.65. The maximum absolute atomic E-state index is 4.45. The predicted molar refractivity (Wildman–Crippen MR) is 65.2 cm³/mol. The standard InChI is InChI=1S/C12H18N2S/c1-3-14-8-4-5-11(14)10-6-7-12(15-2)13-9-10/h6-7,9,11H,3-5,8H2,1-2H3/t11-/m0/s1. The van der Waals surface area contributed by atoms with Gasteiger partial charge >= 0.3 is 0 Å². The highest BCUT2D eigenvalue weighted by Crippen LogP contribution is 2.31. The summed E-state index contributed by atoms with van der Waals surface area (Å²) in [5.41, 5.74) is 1.38. The summed E-state index contributed by atoms with van der Waals surface area (Å²) in [6, 6.07) is 4.97. The molecule has 1 aliphatic heterocycles. The van der Waals surface area contributed by atoms with E-state index in [9.17, 15) is 0 Å². The topological polar surface area (TPSA) is 16.1 Å². The Hall–Kier alpha value is -0.540. The molecule has 0 aromatic carbocycles. The lowest BCUT2D eigenvalue weighted by Crippen LogP contribution is -2.22. The summed E-state index contributed by atoms with van der Waals surface area (Å²) in [5, 5.41) is 1.11. The van der Waals surface area contributed by atoms with E-state index in [4.69, 9.17) is 0 Å². The number of aromatic nitrogens is 1. The minimum Gasteiger partial charge on any atom is -0.297 e. The Morgan fingerprint density at radius 2 is 2.40 bits per heavy atom. The number of thioether (sulfide) groups is 1. The predicted octanol–water partition coefficient (Wildman–Crippen LogP) is 2.96. The average Bonchev–Trinajstić information content (AvgIpc) is 2.77. The minimum atomic E-state index is 0.610. The molecular weight excluding hydrogens is 204 g/mol. The molecule has 0 radical (unpaired) electrons. The largest absolute Gasteiger partial charge is 0.297 e. The number of likely N-dealkylation sites (tertiary alicyclic amines) is 1.